The van der Waals surface area contributed by atoms with Crippen molar-refractivity contribution >= 4 is 0 Å². The van der Waals surface area contributed by atoms with Crippen LogP contribution in [0.15, 0.2) is 0 Å². The second-order valence-electron chi connectivity index (χ2n) is 5.51. The summed E-state index contributed by atoms with van der Waals surface area (Å²) in [6.07, 6.45) is 1.28. The van der Waals surface area contributed by atoms with Crippen LogP contribution in [0.4, 0.5) is 0 Å². The molecule has 0 saturated heterocycles. The van der Waals surface area contributed by atoms with Crippen molar-refractivity contribution in [2.24, 2.45) is 5.41 Å². The Bertz CT molecular complexity index is 403. The van der Waals surface area contributed by atoms with Gasteiger partial charge in [-0.3, -0.25) is 0 Å². The van der Waals surface area contributed by atoms with Crippen molar-refractivity contribution < 1.29 is 4.74 Å². The Hall–Kier alpha value is -1.01. The lowest BCUT2D eigenvalue weighted by molar-refractivity contribution is -0.132. The number of nitrogens with one attached hydrogen (secondary N) is 1. The molecular formula is C12H23N5O. The summed E-state index contributed by atoms with van der Waals surface area (Å²) in [5.74, 6) is 0.894. The first kappa shape index (κ1) is 13.4. The van der Waals surface area contributed by atoms with Gasteiger partial charge in [-0.2, -0.15) is 0 Å². The van der Waals surface area contributed by atoms with Crippen molar-refractivity contribution in [3.05, 3.63) is 5.82 Å². The summed E-state index contributed by atoms with van der Waals surface area (Å²) in [6, 6.07) is 0.469. The van der Waals surface area contributed by atoms with Gasteiger partial charge < -0.3 is 10.1 Å². The van der Waals surface area contributed by atoms with Crippen LogP contribution in [0.1, 0.15) is 52.0 Å². The predicted octanol–water partition coefficient (Wildman–Crippen LogP) is 1.33. The normalized spacial score (nSPS) is 27.8. The standard InChI is InChI=1S/C12H23N5O/c1-6-18-10-7-9(12(10,3)4)17-11(8(2)13-5)14-15-16-17/h8-10,13H,6-7H2,1-5H3. The Labute approximate surface area is 108 Å². The van der Waals surface area contributed by atoms with Gasteiger partial charge >= 0.3 is 0 Å². The fraction of sp³-hybridized carbons (Fsp3) is 0.917. The fourth-order valence-electron chi connectivity index (χ4n) is 2.60. The third-order valence-corrected chi connectivity index (χ3v) is 4.13. The Kier molecular flexibility index (Phi) is 3.68. The van der Waals surface area contributed by atoms with E-state index in [2.05, 4.69) is 41.6 Å². The lowest BCUT2D eigenvalue weighted by atomic mass is 9.64. The minimum Gasteiger partial charge on any atom is -0.378 e. The van der Waals surface area contributed by atoms with E-state index in [0.29, 0.717) is 12.1 Å². The monoisotopic (exact) mass is 253 g/mol. The maximum atomic E-state index is 5.75. The minimum absolute atomic E-state index is 0.0770. The molecule has 3 atom stereocenters. The molecule has 0 amide bonds. The van der Waals surface area contributed by atoms with E-state index in [9.17, 15) is 0 Å². The molecule has 1 aromatic heterocycles. The molecular weight excluding hydrogens is 230 g/mol. The van der Waals surface area contributed by atoms with Crippen LogP contribution < -0.4 is 5.32 Å². The molecule has 0 spiro atoms. The van der Waals surface area contributed by atoms with Crippen LogP contribution in [-0.4, -0.2) is 40.0 Å². The summed E-state index contributed by atoms with van der Waals surface area (Å²) in [7, 11) is 1.92. The molecule has 0 radical (unpaired) electrons. The van der Waals surface area contributed by atoms with Crippen LogP contribution in [0.3, 0.4) is 0 Å². The number of ether oxygens (including phenoxy) is 1. The molecule has 0 bridgehead atoms. The third kappa shape index (κ3) is 2.03. The highest BCUT2D eigenvalue weighted by Crippen LogP contribution is 2.51. The Morgan fingerprint density at radius 1 is 1.56 bits per heavy atom. The molecule has 1 aliphatic rings. The second-order valence-corrected chi connectivity index (χ2v) is 5.51. The van der Waals surface area contributed by atoms with Crippen LogP contribution in [0, 0.1) is 5.41 Å². The van der Waals surface area contributed by atoms with Crippen molar-refractivity contribution in [2.45, 2.75) is 52.3 Å². The molecule has 3 unspecified atom stereocenters. The Balaban J connectivity index is 2.17. The molecule has 6 heteroatoms. The number of rotatable bonds is 5. The molecule has 1 saturated carbocycles. The molecule has 6 nitrogen and oxygen atoms in total. The predicted molar refractivity (Wildman–Crippen MR) is 68.1 cm³/mol. The number of hydrogen-bond donors (Lipinski definition) is 1. The highest BCUT2D eigenvalue weighted by Gasteiger charge is 2.51. The summed E-state index contributed by atoms with van der Waals surface area (Å²) in [5.41, 5.74) is 0.0770. The highest BCUT2D eigenvalue weighted by molar-refractivity contribution is 5.04. The number of aromatic nitrogens is 4. The fourth-order valence-corrected chi connectivity index (χ4v) is 2.60. The van der Waals surface area contributed by atoms with E-state index in [0.717, 1.165) is 18.9 Å². The van der Waals surface area contributed by atoms with Crippen LogP contribution >= 0.6 is 0 Å². The summed E-state index contributed by atoms with van der Waals surface area (Å²) in [5, 5.41) is 15.3. The summed E-state index contributed by atoms with van der Waals surface area (Å²) >= 11 is 0. The number of tetrazole rings is 1. The van der Waals surface area contributed by atoms with Gasteiger partial charge in [-0.05, 0) is 37.7 Å². The largest absolute Gasteiger partial charge is 0.378 e. The molecule has 1 aromatic rings. The zero-order valence-electron chi connectivity index (χ0n) is 11.8. The molecule has 102 valence electrons. The maximum absolute atomic E-state index is 5.75. The molecule has 0 aromatic carbocycles. The quantitative estimate of drug-likeness (QED) is 0.857. The van der Waals surface area contributed by atoms with E-state index in [1.54, 1.807) is 0 Å². The van der Waals surface area contributed by atoms with Crippen LogP contribution in [0.25, 0.3) is 0 Å². The lowest BCUT2D eigenvalue weighted by Crippen LogP contribution is -2.52. The molecule has 1 heterocycles. The minimum atomic E-state index is 0.0770. The molecule has 2 rings (SSSR count). The third-order valence-electron chi connectivity index (χ3n) is 4.13. The van der Waals surface area contributed by atoms with Gasteiger partial charge in [0.05, 0.1) is 18.2 Å². The van der Waals surface area contributed by atoms with Crippen molar-refractivity contribution in [3.8, 4) is 0 Å². The van der Waals surface area contributed by atoms with Gasteiger partial charge in [0.15, 0.2) is 5.82 Å². The average Bonchev–Trinajstić information content (AvgIpc) is 2.81. The first-order valence-corrected chi connectivity index (χ1v) is 6.59. The van der Waals surface area contributed by atoms with E-state index in [1.165, 1.54) is 0 Å². The number of hydrogen-bond acceptors (Lipinski definition) is 5. The zero-order valence-corrected chi connectivity index (χ0v) is 11.8. The van der Waals surface area contributed by atoms with Gasteiger partial charge in [-0.25, -0.2) is 4.68 Å². The van der Waals surface area contributed by atoms with Gasteiger partial charge in [0.1, 0.15) is 0 Å². The van der Waals surface area contributed by atoms with E-state index in [4.69, 9.17) is 4.74 Å². The highest BCUT2D eigenvalue weighted by atomic mass is 16.5. The second kappa shape index (κ2) is 4.93. The van der Waals surface area contributed by atoms with Gasteiger partial charge in [0.2, 0.25) is 0 Å². The van der Waals surface area contributed by atoms with Gasteiger partial charge in [0, 0.05) is 12.0 Å². The summed E-state index contributed by atoms with van der Waals surface area (Å²) < 4.78 is 7.71. The van der Waals surface area contributed by atoms with Crippen LogP contribution in [-0.2, 0) is 4.74 Å². The van der Waals surface area contributed by atoms with Crippen LogP contribution in [0.2, 0.25) is 0 Å². The Morgan fingerprint density at radius 3 is 2.83 bits per heavy atom. The van der Waals surface area contributed by atoms with E-state index >= 15 is 0 Å². The topological polar surface area (TPSA) is 64.9 Å². The van der Waals surface area contributed by atoms with Gasteiger partial charge in [-0.1, -0.05) is 13.8 Å². The number of nitrogens with zero attached hydrogens (tertiary/aromatic N) is 4. The molecule has 1 fully saturated rings. The van der Waals surface area contributed by atoms with Crippen molar-refractivity contribution in [1.29, 1.82) is 0 Å². The first-order valence-electron chi connectivity index (χ1n) is 6.59. The lowest BCUT2D eigenvalue weighted by Gasteiger charge is -2.51. The van der Waals surface area contributed by atoms with Crippen molar-refractivity contribution in [3.63, 3.8) is 0 Å². The Morgan fingerprint density at radius 2 is 2.28 bits per heavy atom. The summed E-state index contributed by atoms with van der Waals surface area (Å²) in [4.78, 5) is 0. The average molecular weight is 253 g/mol. The van der Waals surface area contributed by atoms with E-state index < -0.39 is 0 Å². The summed E-state index contributed by atoms with van der Waals surface area (Å²) in [6.45, 7) is 9.30. The zero-order chi connectivity index (χ0) is 13.3. The van der Waals surface area contributed by atoms with Gasteiger partial charge in [-0.15, -0.1) is 5.10 Å². The van der Waals surface area contributed by atoms with Crippen molar-refractivity contribution in [1.82, 2.24) is 25.5 Å². The molecule has 0 aliphatic heterocycles. The van der Waals surface area contributed by atoms with Crippen molar-refractivity contribution in [2.75, 3.05) is 13.7 Å². The van der Waals surface area contributed by atoms with Crippen LogP contribution in [0.5, 0.6) is 0 Å². The maximum Gasteiger partial charge on any atom is 0.168 e. The smallest absolute Gasteiger partial charge is 0.168 e. The first-order chi connectivity index (χ1) is 8.52. The molecule has 1 aliphatic carbocycles. The molecule has 1 N–H and O–H groups in total. The van der Waals surface area contributed by atoms with E-state index in [1.807, 2.05) is 18.7 Å². The van der Waals surface area contributed by atoms with E-state index in [-0.39, 0.29) is 11.5 Å². The molecule has 18 heavy (non-hydrogen) atoms. The SMILES string of the molecule is CCOC1CC(n2nnnc2C(C)NC)C1(C)C. The van der Waals surface area contributed by atoms with Gasteiger partial charge in [0.25, 0.3) is 0 Å².